The van der Waals surface area contributed by atoms with Gasteiger partial charge in [0.1, 0.15) is 22.1 Å². The van der Waals surface area contributed by atoms with Crippen molar-refractivity contribution in [2.75, 3.05) is 0 Å². The summed E-state index contributed by atoms with van der Waals surface area (Å²) < 4.78 is 38.5. The Kier molecular flexibility index (Phi) is 9.48. The van der Waals surface area contributed by atoms with Crippen molar-refractivity contribution >= 4 is 10.1 Å². The summed E-state index contributed by atoms with van der Waals surface area (Å²) in [6, 6.07) is 10.8. The van der Waals surface area contributed by atoms with Crippen LogP contribution in [0.5, 0.6) is 17.2 Å². The highest BCUT2D eigenvalue weighted by Crippen LogP contribution is 2.31. The lowest BCUT2D eigenvalue weighted by molar-refractivity contribution is 0.440. The number of ether oxygens (including phenoxy) is 1. The quantitative estimate of drug-likeness (QED) is 0.285. The Morgan fingerprint density at radius 1 is 0.862 bits per heavy atom. The molecule has 0 saturated carbocycles. The molecular formula is C23H32O5S. The van der Waals surface area contributed by atoms with E-state index >= 15 is 0 Å². The Morgan fingerprint density at radius 2 is 1.52 bits per heavy atom. The first-order valence-corrected chi connectivity index (χ1v) is 11.9. The Hall–Kier alpha value is -2.05. The van der Waals surface area contributed by atoms with Crippen molar-refractivity contribution in [1.29, 1.82) is 0 Å². The van der Waals surface area contributed by atoms with E-state index in [1.165, 1.54) is 63.1 Å². The van der Waals surface area contributed by atoms with Gasteiger partial charge >= 0.3 is 0 Å². The van der Waals surface area contributed by atoms with Crippen LogP contribution in [0, 0.1) is 0 Å². The van der Waals surface area contributed by atoms with Crippen molar-refractivity contribution in [3.05, 3.63) is 48.0 Å². The van der Waals surface area contributed by atoms with Crippen LogP contribution < -0.4 is 4.74 Å². The lowest BCUT2D eigenvalue weighted by atomic mass is 10.0. The van der Waals surface area contributed by atoms with E-state index in [1.807, 2.05) is 0 Å². The molecule has 2 aromatic rings. The normalized spacial score (nSPS) is 11.5. The number of unbranched alkanes of at least 4 members (excludes halogenated alkanes) is 8. The van der Waals surface area contributed by atoms with Crippen molar-refractivity contribution in [3.8, 4) is 17.2 Å². The highest BCUT2D eigenvalue weighted by Gasteiger charge is 2.18. The lowest BCUT2D eigenvalue weighted by Gasteiger charge is -2.12. The van der Waals surface area contributed by atoms with Gasteiger partial charge in [0.05, 0.1) is 0 Å². The summed E-state index contributed by atoms with van der Waals surface area (Å²) in [4.78, 5) is -0.281. The minimum Gasteiger partial charge on any atom is -0.508 e. The highest BCUT2D eigenvalue weighted by atomic mass is 32.2. The largest absolute Gasteiger partial charge is 0.508 e. The van der Waals surface area contributed by atoms with Crippen molar-refractivity contribution in [1.82, 2.24) is 0 Å². The predicted octanol–water partition coefficient (Wildman–Crippen LogP) is 6.50. The minimum absolute atomic E-state index is 0.0155. The number of hydrogen-bond acceptors (Lipinski definition) is 4. The van der Waals surface area contributed by atoms with Crippen molar-refractivity contribution in [2.45, 2.75) is 76.0 Å². The zero-order valence-electron chi connectivity index (χ0n) is 17.1. The monoisotopic (exact) mass is 420 g/mol. The van der Waals surface area contributed by atoms with Gasteiger partial charge < -0.3 is 9.84 Å². The molecule has 29 heavy (non-hydrogen) atoms. The molecular weight excluding hydrogens is 388 g/mol. The Bertz CT molecular complexity index is 861. The van der Waals surface area contributed by atoms with Crippen LogP contribution in [0.1, 0.15) is 70.3 Å². The molecule has 0 saturated heterocycles. The smallest absolute Gasteiger partial charge is 0.298 e. The molecule has 0 aliphatic rings. The van der Waals surface area contributed by atoms with Crippen LogP contribution in [-0.4, -0.2) is 18.1 Å². The Morgan fingerprint density at radius 3 is 2.14 bits per heavy atom. The van der Waals surface area contributed by atoms with Crippen LogP contribution in [0.15, 0.2) is 47.4 Å². The molecule has 0 aliphatic carbocycles. The van der Waals surface area contributed by atoms with Gasteiger partial charge in [-0.1, -0.05) is 70.4 Å². The molecule has 6 heteroatoms. The average molecular weight is 421 g/mol. The molecule has 2 aromatic carbocycles. The van der Waals surface area contributed by atoms with Gasteiger partial charge in [-0.3, -0.25) is 4.55 Å². The first kappa shape index (κ1) is 23.2. The van der Waals surface area contributed by atoms with Crippen LogP contribution in [0.3, 0.4) is 0 Å². The second kappa shape index (κ2) is 11.8. The number of phenolic OH excluding ortho intramolecular Hbond substituents is 1. The van der Waals surface area contributed by atoms with Crippen LogP contribution >= 0.6 is 0 Å². The van der Waals surface area contributed by atoms with Crippen molar-refractivity contribution in [2.24, 2.45) is 0 Å². The maximum absolute atomic E-state index is 11.7. The second-order valence-electron chi connectivity index (χ2n) is 7.43. The lowest BCUT2D eigenvalue weighted by Crippen LogP contribution is -2.02. The Labute approximate surface area is 174 Å². The first-order valence-electron chi connectivity index (χ1n) is 10.5. The third-order valence-electron chi connectivity index (χ3n) is 4.90. The molecule has 0 radical (unpaired) electrons. The molecule has 0 heterocycles. The maximum atomic E-state index is 11.7. The van der Waals surface area contributed by atoms with E-state index in [4.69, 9.17) is 4.74 Å². The van der Waals surface area contributed by atoms with Gasteiger partial charge in [-0.15, -0.1) is 0 Å². The van der Waals surface area contributed by atoms with Gasteiger partial charge in [-0.05, 0) is 42.7 Å². The van der Waals surface area contributed by atoms with Gasteiger partial charge in [-0.2, -0.15) is 8.42 Å². The van der Waals surface area contributed by atoms with E-state index in [2.05, 4.69) is 6.92 Å². The number of aromatic hydroxyl groups is 1. The summed E-state index contributed by atoms with van der Waals surface area (Å²) in [5.41, 5.74) is 0.954. The summed E-state index contributed by atoms with van der Waals surface area (Å²) in [7, 11) is -4.41. The fourth-order valence-electron chi connectivity index (χ4n) is 3.31. The van der Waals surface area contributed by atoms with Crippen LogP contribution in [-0.2, 0) is 16.5 Å². The second-order valence-corrected chi connectivity index (χ2v) is 8.82. The molecule has 0 atom stereocenters. The minimum atomic E-state index is -4.41. The molecule has 2 rings (SSSR count). The van der Waals surface area contributed by atoms with Gasteiger partial charge in [0.2, 0.25) is 0 Å². The van der Waals surface area contributed by atoms with E-state index in [-0.39, 0.29) is 16.4 Å². The molecule has 160 valence electrons. The van der Waals surface area contributed by atoms with Gasteiger partial charge in [0.25, 0.3) is 10.1 Å². The third-order valence-corrected chi connectivity index (χ3v) is 5.79. The van der Waals surface area contributed by atoms with Crippen LogP contribution in [0.25, 0.3) is 0 Å². The van der Waals surface area contributed by atoms with Gasteiger partial charge in [0, 0.05) is 6.07 Å². The topological polar surface area (TPSA) is 83.8 Å². The van der Waals surface area contributed by atoms with E-state index in [9.17, 15) is 18.1 Å². The molecule has 0 fully saturated rings. The predicted molar refractivity (Wildman–Crippen MR) is 115 cm³/mol. The molecule has 0 aromatic heterocycles. The van der Waals surface area contributed by atoms with Crippen LogP contribution in [0.4, 0.5) is 0 Å². The molecule has 0 aliphatic heterocycles. The zero-order chi connectivity index (χ0) is 21.1. The van der Waals surface area contributed by atoms with E-state index in [0.29, 0.717) is 5.75 Å². The number of benzene rings is 2. The van der Waals surface area contributed by atoms with E-state index in [0.717, 1.165) is 24.8 Å². The molecule has 5 nitrogen and oxygen atoms in total. The molecule has 0 bridgehead atoms. The Balaban J connectivity index is 1.92. The van der Waals surface area contributed by atoms with Gasteiger partial charge in [0.15, 0.2) is 0 Å². The van der Waals surface area contributed by atoms with Crippen molar-refractivity contribution in [3.63, 3.8) is 0 Å². The van der Waals surface area contributed by atoms with Gasteiger partial charge in [-0.25, -0.2) is 0 Å². The van der Waals surface area contributed by atoms with E-state index < -0.39 is 10.1 Å². The zero-order valence-corrected chi connectivity index (χ0v) is 18.0. The van der Waals surface area contributed by atoms with Crippen molar-refractivity contribution < 1.29 is 22.8 Å². The highest BCUT2D eigenvalue weighted by molar-refractivity contribution is 7.86. The summed E-state index contributed by atoms with van der Waals surface area (Å²) >= 11 is 0. The standard InChI is InChI=1S/C23H32O5S/c1-2-3-4-5-6-7-8-9-10-12-19-15-16-23(29(25,26)27)22(17-19)28-21-14-11-13-20(24)18-21/h11,13-18,24H,2-10,12H2,1H3,(H,25,26,27). The average Bonchev–Trinajstić information content (AvgIpc) is 2.66. The first-order chi connectivity index (χ1) is 13.9. The third kappa shape index (κ3) is 8.46. The summed E-state index contributed by atoms with van der Waals surface area (Å²) in [6.07, 6.45) is 12.0. The number of phenols is 1. The number of hydrogen-bond donors (Lipinski definition) is 2. The number of rotatable bonds is 13. The summed E-state index contributed by atoms with van der Waals surface area (Å²) in [5, 5.41) is 9.57. The summed E-state index contributed by atoms with van der Waals surface area (Å²) in [5.74, 6) is 0.378. The fraction of sp³-hybridized carbons (Fsp3) is 0.478. The molecule has 0 unspecified atom stereocenters. The van der Waals surface area contributed by atoms with Crippen LogP contribution in [0.2, 0.25) is 0 Å². The molecule has 0 spiro atoms. The summed E-state index contributed by atoms with van der Waals surface area (Å²) in [6.45, 7) is 2.22. The molecule has 2 N–H and O–H groups in total. The SMILES string of the molecule is CCCCCCCCCCCc1ccc(S(=O)(=O)O)c(Oc2cccc(O)c2)c1. The number of aryl methyl sites for hydroxylation is 1. The van der Waals surface area contributed by atoms with E-state index in [1.54, 1.807) is 24.3 Å². The fourth-order valence-corrected chi connectivity index (χ4v) is 3.91. The maximum Gasteiger partial charge on any atom is 0.298 e. The molecule has 0 amide bonds.